The van der Waals surface area contributed by atoms with Crippen molar-refractivity contribution in [3.05, 3.63) is 52.8 Å². The van der Waals surface area contributed by atoms with E-state index in [1.807, 2.05) is 0 Å². The summed E-state index contributed by atoms with van der Waals surface area (Å²) in [6, 6.07) is 9.93. The zero-order valence-electron chi connectivity index (χ0n) is 10.4. The smallest absolute Gasteiger partial charge is 0.261 e. The van der Waals surface area contributed by atoms with Gasteiger partial charge in [0.15, 0.2) is 11.6 Å². The summed E-state index contributed by atoms with van der Waals surface area (Å²) < 4.78 is 45.5. The summed E-state index contributed by atoms with van der Waals surface area (Å²) in [6.45, 7) is 0. The third-order valence-electron chi connectivity index (χ3n) is 2.53. The second-order valence-electron chi connectivity index (χ2n) is 3.91. The van der Waals surface area contributed by atoms with E-state index in [1.165, 1.54) is 31.4 Å². The first-order chi connectivity index (χ1) is 9.42. The van der Waals surface area contributed by atoms with Crippen molar-refractivity contribution in [3.8, 4) is 5.75 Å². The normalized spacial score (nSPS) is 11.2. The van der Waals surface area contributed by atoms with Gasteiger partial charge in [-0.15, -0.1) is 0 Å². The van der Waals surface area contributed by atoms with Crippen LogP contribution in [-0.4, -0.2) is 15.5 Å². The van der Waals surface area contributed by atoms with Crippen molar-refractivity contribution in [1.29, 1.82) is 0 Å². The number of anilines is 1. The third-order valence-corrected chi connectivity index (χ3v) is 4.45. The second-order valence-corrected chi connectivity index (χ2v) is 6.51. The number of ether oxygens (including phenoxy) is 1. The first kappa shape index (κ1) is 14.8. The van der Waals surface area contributed by atoms with Crippen LogP contribution in [0.5, 0.6) is 5.75 Å². The number of rotatable bonds is 4. The molecular weight excluding hydrogens is 349 g/mol. The maximum absolute atomic E-state index is 13.3. The van der Waals surface area contributed by atoms with Crippen LogP contribution in [0.3, 0.4) is 0 Å². The van der Waals surface area contributed by atoms with Crippen LogP contribution in [0.15, 0.2) is 51.8 Å². The maximum Gasteiger partial charge on any atom is 0.261 e. The first-order valence-corrected chi connectivity index (χ1v) is 7.82. The second kappa shape index (κ2) is 5.80. The Morgan fingerprint density at radius 1 is 1.15 bits per heavy atom. The van der Waals surface area contributed by atoms with Crippen molar-refractivity contribution >= 4 is 31.6 Å². The molecule has 0 unspecified atom stereocenters. The minimum absolute atomic E-state index is 0.0268. The molecule has 2 aromatic carbocycles. The van der Waals surface area contributed by atoms with Crippen LogP contribution >= 0.6 is 15.9 Å². The van der Waals surface area contributed by atoms with Crippen LogP contribution in [0.4, 0.5) is 10.1 Å². The predicted octanol–water partition coefficient (Wildman–Crippen LogP) is 3.40. The quantitative estimate of drug-likeness (QED) is 0.909. The molecule has 0 aliphatic rings. The molecule has 0 spiro atoms. The fourth-order valence-corrected chi connectivity index (χ4v) is 2.86. The van der Waals surface area contributed by atoms with E-state index in [-0.39, 0.29) is 16.3 Å². The van der Waals surface area contributed by atoms with Crippen molar-refractivity contribution in [1.82, 2.24) is 0 Å². The average Bonchev–Trinajstić information content (AvgIpc) is 2.41. The van der Waals surface area contributed by atoms with Crippen molar-refractivity contribution < 1.29 is 17.5 Å². The maximum atomic E-state index is 13.3. The van der Waals surface area contributed by atoms with Gasteiger partial charge >= 0.3 is 0 Å². The van der Waals surface area contributed by atoms with Crippen LogP contribution in [0.1, 0.15) is 0 Å². The molecule has 0 aliphatic heterocycles. The summed E-state index contributed by atoms with van der Waals surface area (Å²) in [5.41, 5.74) is 0.228. The SMILES string of the molecule is COc1cc(NS(=O)(=O)c2ccc(Br)cc2)ccc1F. The zero-order valence-corrected chi connectivity index (χ0v) is 12.8. The van der Waals surface area contributed by atoms with Crippen molar-refractivity contribution in [2.75, 3.05) is 11.8 Å². The van der Waals surface area contributed by atoms with Gasteiger partial charge in [-0.1, -0.05) is 15.9 Å². The van der Waals surface area contributed by atoms with Crippen LogP contribution in [0.25, 0.3) is 0 Å². The lowest BCUT2D eigenvalue weighted by Gasteiger charge is -2.10. The van der Waals surface area contributed by atoms with Gasteiger partial charge in [0.05, 0.1) is 17.7 Å². The van der Waals surface area contributed by atoms with Crippen molar-refractivity contribution in [2.45, 2.75) is 4.90 Å². The fourth-order valence-electron chi connectivity index (χ4n) is 1.55. The highest BCUT2D eigenvalue weighted by atomic mass is 79.9. The van der Waals surface area contributed by atoms with Crippen LogP contribution in [0, 0.1) is 5.82 Å². The summed E-state index contributed by atoms with van der Waals surface area (Å²) in [5.74, 6) is -0.583. The van der Waals surface area contributed by atoms with E-state index in [0.717, 1.165) is 10.5 Å². The van der Waals surface area contributed by atoms with Gasteiger partial charge in [0.25, 0.3) is 10.0 Å². The van der Waals surface area contributed by atoms with E-state index in [0.29, 0.717) is 0 Å². The lowest BCUT2D eigenvalue weighted by Crippen LogP contribution is -2.13. The summed E-state index contributed by atoms with van der Waals surface area (Å²) in [5, 5.41) is 0. The molecule has 0 aliphatic carbocycles. The summed E-state index contributed by atoms with van der Waals surface area (Å²) in [6.07, 6.45) is 0. The monoisotopic (exact) mass is 359 g/mol. The summed E-state index contributed by atoms with van der Waals surface area (Å²) >= 11 is 3.23. The standard InChI is InChI=1S/C13H11BrFNO3S/c1-19-13-8-10(4-7-12(13)15)16-20(17,18)11-5-2-9(14)3-6-11/h2-8,16H,1H3. The largest absolute Gasteiger partial charge is 0.494 e. The molecule has 0 fully saturated rings. The highest BCUT2D eigenvalue weighted by Crippen LogP contribution is 2.24. The number of nitrogens with one attached hydrogen (secondary N) is 1. The molecule has 0 atom stereocenters. The molecule has 0 saturated heterocycles. The number of benzene rings is 2. The minimum Gasteiger partial charge on any atom is -0.494 e. The van der Waals surface area contributed by atoms with Gasteiger partial charge in [0, 0.05) is 10.5 Å². The lowest BCUT2D eigenvalue weighted by molar-refractivity contribution is 0.387. The summed E-state index contributed by atoms with van der Waals surface area (Å²) in [7, 11) is -2.41. The van der Waals surface area contributed by atoms with Gasteiger partial charge in [0.2, 0.25) is 0 Å². The number of methoxy groups -OCH3 is 1. The molecule has 0 bridgehead atoms. The highest BCUT2D eigenvalue weighted by molar-refractivity contribution is 9.10. The van der Waals surface area contributed by atoms with Crippen LogP contribution in [0.2, 0.25) is 0 Å². The first-order valence-electron chi connectivity index (χ1n) is 5.54. The molecule has 0 aromatic heterocycles. The molecule has 4 nitrogen and oxygen atoms in total. The van der Waals surface area contributed by atoms with Gasteiger partial charge in [-0.25, -0.2) is 12.8 Å². The Morgan fingerprint density at radius 3 is 2.40 bits per heavy atom. The fraction of sp³-hybridized carbons (Fsp3) is 0.0769. The lowest BCUT2D eigenvalue weighted by atomic mass is 10.3. The molecule has 2 rings (SSSR count). The molecule has 106 valence electrons. The summed E-state index contributed by atoms with van der Waals surface area (Å²) in [4.78, 5) is 0.115. The molecule has 1 N–H and O–H groups in total. The highest BCUT2D eigenvalue weighted by Gasteiger charge is 2.15. The van der Waals surface area contributed by atoms with E-state index < -0.39 is 15.8 Å². The Balaban J connectivity index is 2.30. The van der Waals surface area contributed by atoms with Gasteiger partial charge in [-0.3, -0.25) is 4.72 Å². The Bertz CT molecular complexity index is 717. The predicted molar refractivity (Wildman–Crippen MR) is 77.9 cm³/mol. The van der Waals surface area contributed by atoms with E-state index in [2.05, 4.69) is 20.7 Å². The topological polar surface area (TPSA) is 55.4 Å². The van der Waals surface area contributed by atoms with Crippen molar-refractivity contribution in [3.63, 3.8) is 0 Å². The molecule has 20 heavy (non-hydrogen) atoms. The molecule has 0 saturated carbocycles. The van der Waals surface area contributed by atoms with Crippen LogP contribution in [-0.2, 0) is 10.0 Å². The molecule has 7 heteroatoms. The number of hydrogen-bond donors (Lipinski definition) is 1. The Labute approximate surface area is 124 Å². The zero-order chi connectivity index (χ0) is 14.8. The van der Waals surface area contributed by atoms with Crippen LogP contribution < -0.4 is 9.46 Å². The molecule has 0 amide bonds. The minimum atomic E-state index is -3.72. The van der Waals surface area contributed by atoms with E-state index in [1.54, 1.807) is 12.1 Å². The Morgan fingerprint density at radius 2 is 1.80 bits per heavy atom. The van der Waals surface area contributed by atoms with Gasteiger partial charge < -0.3 is 4.74 Å². The van der Waals surface area contributed by atoms with E-state index in [9.17, 15) is 12.8 Å². The molecule has 0 heterocycles. The Hall–Kier alpha value is -1.60. The molecule has 2 aromatic rings. The number of sulfonamides is 1. The Kier molecular flexibility index (Phi) is 4.29. The number of halogens is 2. The number of hydrogen-bond acceptors (Lipinski definition) is 3. The van der Waals surface area contributed by atoms with Crippen molar-refractivity contribution in [2.24, 2.45) is 0 Å². The average molecular weight is 360 g/mol. The van der Waals surface area contributed by atoms with E-state index in [4.69, 9.17) is 4.74 Å². The van der Waals surface area contributed by atoms with E-state index >= 15 is 0 Å². The van der Waals surface area contributed by atoms with Gasteiger partial charge in [-0.2, -0.15) is 0 Å². The van der Waals surface area contributed by atoms with Gasteiger partial charge in [-0.05, 0) is 36.4 Å². The third kappa shape index (κ3) is 3.29. The molecular formula is C13H11BrFNO3S. The van der Waals surface area contributed by atoms with Gasteiger partial charge in [0.1, 0.15) is 0 Å². The molecule has 0 radical (unpaired) electrons.